The first kappa shape index (κ1) is 22.4. The van der Waals surface area contributed by atoms with Crippen molar-refractivity contribution in [3.05, 3.63) is 64.7 Å². The van der Waals surface area contributed by atoms with Crippen molar-refractivity contribution in [2.75, 3.05) is 5.32 Å². The van der Waals surface area contributed by atoms with Crippen LogP contribution in [0.5, 0.6) is 0 Å². The molecule has 2 aromatic rings. The number of amides is 2. The lowest BCUT2D eigenvalue weighted by Crippen LogP contribution is -2.22. The van der Waals surface area contributed by atoms with E-state index in [9.17, 15) is 22.8 Å². The zero-order valence-corrected chi connectivity index (χ0v) is 16.3. The molecule has 0 bridgehead atoms. The molecule has 0 unspecified atom stereocenters. The number of hydrogen-bond donors (Lipinski definition) is 2. The maximum atomic E-state index is 12.8. The monoisotopic (exact) mass is 425 g/mol. The van der Waals surface area contributed by atoms with Gasteiger partial charge in [0.15, 0.2) is 0 Å². The van der Waals surface area contributed by atoms with E-state index in [1.54, 1.807) is 0 Å². The van der Waals surface area contributed by atoms with Gasteiger partial charge in [-0.05, 0) is 30.2 Å². The Labute approximate surface area is 170 Å². The zero-order valence-electron chi connectivity index (χ0n) is 15.5. The molecular formula is C20H19ClF3N3O2. The summed E-state index contributed by atoms with van der Waals surface area (Å²) in [5.74, 6) is -1.12. The van der Waals surface area contributed by atoms with E-state index in [-0.39, 0.29) is 23.6 Å². The van der Waals surface area contributed by atoms with Gasteiger partial charge in [0.2, 0.25) is 11.8 Å². The van der Waals surface area contributed by atoms with Crippen molar-refractivity contribution >= 4 is 34.8 Å². The molecule has 0 fully saturated rings. The third-order valence-corrected chi connectivity index (χ3v) is 4.23. The quantitative estimate of drug-likeness (QED) is 0.483. The summed E-state index contributed by atoms with van der Waals surface area (Å²) in [6.07, 6.45) is -4.38. The number of nitrogens with one attached hydrogen (secondary N) is 2. The molecule has 9 heteroatoms. The minimum Gasteiger partial charge on any atom is -0.325 e. The first-order valence-electron chi connectivity index (χ1n) is 8.78. The number of carbonyl (C=O) groups excluding carboxylic acids is 2. The highest BCUT2D eigenvalue weighted by atomic mass is 35.5. The van der Waals surface area contributed by atoms with E-state index in [1.807, 2.05) is 37.3 Å². The standard InChI is InChI=1S/C20H19ClF3N3O2/c1-2-16(13-6-4-3-5-7-13)26-27-19(29)11-10-18(28)25-17-12-14(20(22,23)24)8-9-15(17)21/h3-9,12H,2,10-11H2,1H3,(H,25,28)(H,27,29)/b26-16+. The average Bonchev–Trinajstić information content (AvgIpc) is 2.68. The minimum atomic E-state index is -4.56. The molecule has 0 aromatic heterocycles. The van der Waals surface area contributed by atoms with Crippen molar-refractivity contribution in [1.29, 1.82) is 0 Å². The van der Waals surface area contributed by atoms with Gasteiger partial charge in [0.05, 0.1) is 22.0 Å². The van der Waals surface area contributed by atoms with Crippen LogP contribution in [0.2, 0.25) is 5.02 Å². The van der Waals surface area contributed by atoms with Crippen molar-refractivity contribution in [2.24, 2.45) is 5.10 Å². The van der Waals surface area contributed by atoms with Crippen LogP contribution in [-0.2, 0) is 15.8 Å². The molecule has 0 spiro atoms. The van der Waals surface area contributed by atoms with Crippen molar-refractivity contribution < 1.29 is 22.8 Å². The van der Waals surface area contributed by atoms with Gasteiger partial charge in [-0.25, -0.2) is 5.43 Å². The van der Waals surface area contributed by atoms with Crippen LogP contribution in [0.1, 0.15) is 37.3 Å². The van der Waals surface area contributed by atoms with Crippen LogP contribution in [0.15, 0.2) is 53.6 Å². The predicted molar refractivity (Wildman–Crippen MR) is 106 cm³/mol. The van der Waals surface area contributed by atoms with Crippen LogP contribution in [0.3, 0.4) is 0 Å². The second-order valence-electron chi connectivity index (χ2n) is 6.05. The van der Waals surface area contributed by atoms with Crippen molar-refractivity contribution in [3.8, 4) is 0 Å². The Morgan fingerprint density at radius 1 is 1.03 bits per heavy atom. The highest BCUT2D eigenvalue weighted by molar-refractivity contribution is 6.33. The highest BCUT2D eigenvalue weighted by Gasteiger charge is 2.31. The molecule has 0 saturated heterocycles. The fourth-order valence-electron chi connectivity index (χ4n) is 2.40. The van der Waals surface area contributed by atoms with Crippen LogP contribution in [0, 0.1) is 0 Å². The van der Waals surface area contributed by atoms with Crippen LogP contribution in [0.25, 0.3) is 0 Å². The van der Waals surface area contributed by atoms with Crippen molar-refractivity contribution in [2.45, 2.75) is 32.4 Å². The van der Waals surface area contributed by atoms with E-state index in [2.05, 4.69) is 15.8 Å². The first-order valence-corrected chi connectivity index (χ1v) is 9.16. The molecule has 0 saturated carbocycles. The molecule has 0 atom stereocenters. The molecule has 2 aromatic carbocycles. The third-order valence-electron chi connectivity index (χ3n) is 3.90. The maximum absolute atomic E-state index is 12.8. The number of nitrogens with zero attached hydrogens (tertiary/aromatic N) is 1. The third kappa shape index (κ3) is 6.90. The van der Waals surface area contributed by atoms with Gasteiger partial charge in [-0.2, -0.15) is 18.3 Å². The molecule has 0 aliphatic rings. The molecule has 0 heterocycles. The smallest absolute Gasteiger partial charge is 0.325 e. The van der Waals surface area contributed by atoms with Crippen LogP contribution < -0.4 is 10.7 Å². The number of anilines is 1. The number of alkyl halides is 3. The van der Waals surface area contributed by atoms with Gasteiger partial charge in [0.25, 0.3) is 0 Å². The molecule has 2 N–H and O–H groups in total. The van der Waals surface area contributed by atoms with Gasteiger partial charge in [0, 0.05) is 12.8 Å². The molecule has 0 radical (unpaired) electrons. The number of halogens is 4. The molecule has 154 valence electrons. The summed E-state index contributed by atoms with van der Waals surface area (Å²) in [4.78, 5) is 23.9. The minimum absolute atomic E-state index is 0.0316. The predicted octanol–water partition coefficient (Wildman–Crippen LogP) is 5.01. The van der Waals surface area contributed by atoms with E-state index < -0.39 is 23.6 Å². The zero-order chi connectivity index (χ0) is 21.4. The largest absolute Gasteiger partial charge is 0.416 e. The normalized spacial score (nSPS) is 11.8. The van der Waals surface area contributed by atoms with Gasteiger partial charge in [-0.15, -0.1) is 0 Å². The van der Waals surface area contributed by atoms with Gasteiger partial charge in [-0.3, -0.25) is 9.59 Å². The summed E-state index contributed by atoms with van der Waals surface area (Å²) < 4.78 is 38.3. The van der Waals surface area contributed by atoms with E-state index in [0.29, 0.717) is 12.1 Å². The van der Waals surface area contributed by atoms with Crippen LogP contribution in [0.4, 0.5) is 18.9 Å². The summed E-state index contributed by atoms with van der Waals surface area (Å²) in [6, 6.07) is 11.9. The van der Waals surface area contributed by atoms with Crippen LogP contribution >= 0.6 is 11.6 Å². The topological polar surface area (TPSA) is 70.6 Å². The summed E-state index contributed by atoms with van der Waals surface area (Å²) in [7, 11) is 0. The second-order valence-corrected chi connectivity index (χ2v) is 6.46. The van der Waals surface area contributed by atoms with E-state index >= 15 is 0 Å². The van der Waals surface area contributed by atoms with Gasteiger partial charge in [0.1, 0.15) is 0 Å². The lowest BCUT2D eigenvalue weighted by atomic mass is 10.1. The molecular weight excluding hydrogens is 407 g/mol. The SMILES string of the molecule is CC/C(=N\NC(=O)CCC(=O)Nc1cc(C(F)(F)F)ccc1Cl)c1ccccc1. The Morgan fingerprint density at radius 3 is 2.31 bits per heavy atom. The lowest BCUT2D eigenvalue weighted by molar-refractivity contribution is -0.137. The average molecular weight is 426 g/mol. The fraction of sp³-hybridized carbons (Fsp3) is 0.250. The molecule has 2 rings (SSSR count). The molecule has 29 heavy (non-hydrogen) atoms. The Balaban J connectivity index is 1.91. The Bertz CT molecular complexity index is 900. The number of benzene rings is 2. The number of rotatable bonds is 7. The summed E-state index contributed by atoms with van der Waals surface area (Å²) >= 11 is 5.83. The number of hydrazone groups is 1. The van der Waals surface area contributed by atoms with E-state index in [0.717, 1.165) is 23.8 Å². The van der Waals surface area contributed by atoms with Crippen LogP contribution in [-0.4, -0.2) is 17.5 Å². The summed E-state index contributed by atoms with van der Waals surface area (Å²) in [6.45, 7) is 1.89. The maximum Gasteiger partial charge on any atom is 0.416 e. The number of carbonyl (C=O) groups is 2. The molecule has 0 aliphatic carbocycles. The lowest BCUT2D eigenvalue weighted by Gasteiger charge is -2.11. The Morgan fingerprint density at radius 2 is 1.69 bits per heavy atom. The highest BCUT2D eigenvalue weighted by Crippen LogP contribution is 2.33. The first-order chi connectivity index (χ1) is 13.7. The Hall–Kier alpha value is -2.87. The summed E-state index contributed by atoms with van der Waals surface area (Å²) in [5, 5.41) is 6.33. The van der Waals surface area contributed by atoms with Crippen molar-refractivity contribution in [3.63, 3.8) is 0 Å². The fourth-order valence-corrected chi connectivity index (χ4v) is 2.57. The molecule has 0 aliphatic heterocycles. The molecule has 2 amide bonds. The second kappa shape index (κ2) is 10.1. The molecule has 5 nitrogen and oxygen atoms in total. The number of hydrogen-bond acceptors (Lipinski definition) is 3. The van der Waals surface area contributed by atoms with Gasteiger partial charge < -0.3 is 5.32 Å². The van der Waals surface area contributed by atoms with E-state index in [1.165, 1.54) is 0 Å². The van der Waals surface area contributed by atoms with Gasteiger partial charge >= 0.3 is 6.18 Å². The summed E-state index contributed by atoms with van der Waals surface area (Å²) in [5.41, 5.74) is 2.84. The van der Waals surface area contributed by atoms with Gasteiger partial charge in [-0.1, -0.05) is 48.9 Å². The van der Waals surface area contributed by atoms with E-state index in [4.69, 9.17) is 11.6 Å². The van der Waals surface area contributed by atoms with Crippen molar-refractivity contribution in [1.82, 2.24) is 5.43 Å². The Kier molecular flexibility index (Phi) is 7.78.